The second kappa shape index (κ2) is 8.72. The summed E-state index contributed by atoms with van der Waals surface area (Å²) in [5.41, 5.74) is 0.891. The zero-order valence-electron chi connectivity index (χ0n) is 18.2. The molecule has 2 unspecified atom stereocenters. The number of ether oxygens (including phenoxy) is 1. The van der Waals surface area contributed by atoms with Crippen molar-refractivity contribution in [2.75, 3.05) is 19.6 Å². The third-order valence-electron chi connectivity index (χ3n) is 6.42. The van der Waals surface area contributed by atoms with Gasteiger partial charge in [-0.2, -0.15) is 0 Å². The molecule has 2 aliphatic rings. The summed E-state index contributed by atoms with van der Waals surface area (Å²) in [6.45, 7) is 10.1. The molecule has 0 bridgehead atoms. The Kier molecular flexibility index (Phi) is 6.49. The lowest BCUT2D eigenvalue weighted by molar-refractivity contribution is -0.122. The fourth-order valence-electron chi connectivity index (χ4n) is 4.30. The lowest BCUT2D eigenvalue weighted by Gasteiger charge is -2.41. The number of carbonyl (C=O) groups is 2. The van der Waals surface area contributed by atoms with E-state index in [1.807, 2.05) is 37.9 Å². The van der Waals surface area contributed by atoms with Gasteiger partial charge in [-0.25, -0.2) is 4.79 Å². The summed E-state index contributed by atoms with van der Waals surface area (Å²) < 4.78 is 5.50. The maximum Gasteiger partial charge on any atom is 0.410 e. The lowest BCUT2D eigenvalue weighted by Crippen LogP contribution is -2.46. The van der Waals surface area contributed by atoms with E-state index < -0.39 is 5.60 Å². The highest BCUT2D eigenvalue weighted by Gasteiger charge is 2.44. The van der Waals surface area contributed by atoms with Crippen molar-refractivity contribution in [1.29, 1.82) is 0 Å². The Morgan fingerprint density at radius 3 is 2.62 bits per heavy atom. The molecule has 2 atom stereocenters. The van der Waals surface area contributed by atoms with Gasteiger partial charge in [0.1, 0.15) is 5.60 Å². The smallest absolute Gasteiger partial charge is 0.410 e. The number of rotatable bonds is 6. The number of hydrogen-bond donors (Lipinski definition) is 1. The van der Waals surface area contributed by atoms with Crippen LogP contribution in [0.3, 0.4) is 0 Å². The third kappa shape index (κ3) is 5.71. The SMILES string of the molecule is CCC1(CCNC(=O)C2CC2c2cccnc2)CCN(C(=O)OC(C)(C)C)CC1. The average molecular weight is 402 g/mol. The molecule has 3 rings (SSSR count). The van der Waals surface area contributed by atoms with Gasteiger partial charge in [-0.1, -0.05) is 19.4 Å². The molecule has 0 spiro atoms. The van der Waals surface area contributed by atoms with Crippen molar-refractivity contribution in [3.8, 4) is 0 Å². The summed E-state index contributed by atoms with van der Waals surface area (Å²) in [5.74, 6) is 0.572. The second-order valence-electron chi connectivity index (χ2n) is 9.60. The van der Waals surface area contributed by atoms with Gasteiger partial charge in [0.05, 0.1) is 0 Å². The molecule has 1 saturated carbocycles. The zero-order chi connectivity index (χ0) is 21.1. The van der Waals surface area contributed by atoms with E-state index in [2.05, 4.69) is 23.3 Å². The Balaban J connectivity index is 1.42. The first-order valence-electron chi connectivity index (χ1n) is 10.9. The fourth-order valence-corrected chi connectivity index (χ4v) is 4.30. The molecule has 6 nitrogen and oxygen atoms in total. The minimum absolute atomic E-state index is 0.0887. The summed E-state index contributed by atoms with van der Waals surface area (Å²) in [5, 5.41) is 3.15. The number of nitrogens with one attached hydrogen (secondary N) is 1. The van der Waals surface area contributed by atoms with Crippen molar-refractivity contribution in [3.63, 3.8) is 0 Å². The minimum Gasteiger partial charge on any atom is -0.444 e. The molecule has 1 aliphatic heterocycles. The molecule has 1 aromatic rings. The Hall–Kier alpha value is -2.11. The van der Waals surface area contributed by atoms with Gasteiger partial charge in [-0.05, 0) is 69.4 Å². The molecule has 0 radical (unpaired) electrons. The molecule has 6 heteroatoms. The van der Waals surface area contributed by atoms with E-state index in [1.165, 1.54) is 0 Å². The van der Waals surface area contributed by atoms with Crippen molar-refractivity contribution in [2.24, 2.45) is 11.3 Å². The molecule has 0 aromatic carbocycles. The van der Waals surface area contributed by atoms with Crippen LogP contribution in [-0.4, -0.2) is 47.1 Å². The average Bonchev–Trinajstić information content (AvgIpc) is 3.49. The van der Waals surface area contributed by atoms with Gasteiger partial charge in [-0.15, -0.1) is 0 Å². The van der Waals surface area contributed by atoms with Crippen molar-refractivity contribution in [2.45, 2.75) is 71.3 Å². The third-order valence-corrected chi connectivity index (χ3v) is 6.42. The number of aromatic nitrogens is 1. The Morgan fingerprint density at radius 2 is 2.03 bits per heavy atom. The van der Waals surface area contributed by atoms with Gasteiger partial charge in [0.2, 0.25) is 5.91 Å². The normalized spacial score (nSPS) is 23.4. The molecule has 2 fully saturated rings. The van der Waals surface area contributed by atoms with E-state index in [1.54, 1.807) is 6.20 Å². The van der Waals surface area contributed by atoms with Crippen molar-refractivity contribution < 1.29 is 14.3 Å². The van der Waals surface area contributed by atoms with Crippen LogP contribution in [0.5, 0.6) is 0 Å². The molecule has 1 aliphatic carbocycles. The summed E-state index contributed by atoms with van der Waals surface area (Å²) >= 11 is 0. The van der Waals surface area contributed by atoms with Crippen LogP contribution < -0.4 is 5.32 Å². The van der Waals surface area contributed by atoms with Crippen LogP contribution in [-0.2, 0) is 9.53 Å². The quantitative estimate of drug-likeness (QED) is 0.778. The van der Waals surface area contributed by atoms with Crippen LogP contribution in [0.25, 0.3) is 0 Å². The Bertz CT molecular complexity index is 706. The van der Waals surface area contributed by atoms with Gasteiger partial charge in [-0.3, -0.25) is 9.78 Å². The van der Waals surface area contributed by atoms with Crippen LogP contribution in [0.2, 0.25) is 0 Å². The van der Waals surface area contributed by atoms with E-state index in [0.29, 0.717) is 12.5 Å². The largest absolute Gasteiger partial charge is 0.444 e. The zero-order valence-corrected chi connectivity index (χ0v) is 18.2. The molecule has 1 aromatic heterocycles. The summed E-state index contributed by atoms with van der Waals surface area (Å²) in [6.07, 6.45) is 8.27. The number of nitrogens with zero attached hydrogens (tertiary/aromatic N) is 2. The van der Waals surface area contributed by atoms with Gasteiger partial charge >= 0.3 is 6.09 Å². The number of pyridine rings is 1. The van der Waals surface area contributed by atoms with E-state index in [-0.39, 0.29) is 23.3 Å². The highest BCUT2D eigenvalue weighted by Crippen LogP contribution is 2.47. The van der Waals surface area contributed by atoms with Crippen molar-refractivity contribution in [3.05, 3.63) is 30.1 Å². The molecule has 1 saturated heterocycles. The predicted molar refractivity (Wildman–Crippen MR) is 112 cm³/mol. The Morgan fingerprint density at radius 1 is 1.31 bits per heavy atom. The first-order valence-corrected chi connectivity index (χ1v) is 10.9. The number of piperidine rings is 1. The summed E-state index contributed by atoms with van der Waals surface area (Å²) in [7, 11) is 0. The first-order chi connectivity index (χ1) is 13.7. The van der Waals surface area contributed by atoms with E-state index in [4.69, 9.17) is 4.74 Å². The molecular formula is C23H35N3O3. The lowest BCUT2D eigenvalue weighted by atomic mass is 9.73. The van der Waals surface area contributed by atoms with Gasteiger partial charge < -0.3 is 15.0 Å². The maximum atomic E-state index is 12.5. The Labute approximate surface area is 174 Å². The molecule has 2 amide bonds. The van der Waals surface area contributed by atoms with Gasteiger partial charge in [0, 0.05) is 37.9 Å². The number of amides is 2. The highest BCUT2D eigenvalue weighted by atomic mass is 16.6. The standard InChI is InChI=1S/C23H35N3O3/c1-5-23(9-13-26(14-10-23)21(28)29-22(2,3)4)8-12-25-20(27)19-15-18(19)17-7-6-11-24-16-17/h6-7,11,16,18-19H,5,8-10,12-15H2,1-4H3,(H,25,27). The fraction of sp³-hybridized carbons (Fsp3) is 0.696. The van der Waals surface area contributed by atoms with Crippen LogP contribution >= 0.6 is 0 Å². The van der Waals surface area contributed by atoms with Gasteiger partial charge in [0.15, 0.2) is 0 Å². The van der Waals surface area contributed by atoms with Gasteiger partial charge in [0.25, 0.3) is 0 Å². The molecule has 29 heavy (non-hydrogen) atoms. The molecular weight excluding hydrogens is 366 g/mol. The predicted octanol–water partition coefficient (Wildman–Crippen LogP) is 4.12. The second-order valence-corrected chi connectivity index (χ2v) is 9.60. The van der Waals surface area contributed by atoms with E-state index in [9.17, 15) is 9.59 Å². The minimum atomic E-state index is -0.461. The number of likely N-dealkylation sites (tertiary alicyclic amines) is 1. The number of carbonyl (C=O) groups excluding carboxylic acids is 2. The van der Waals surface area contributed by atoms with Crippen LogP contribution in [0.1, 0.15) is 71.3 Å². The summed E-state index contributed by atoms with van der Waals surface area (Å²) in [6, 6.07) is 3.98. The van der Waals surface area contributed by atoms with Crippen molar-refractivity contribution in [1.82, 2.24) is 15.2 Å². The van der Waals surface area contributed by atoms with Crippen LogP contribution in [0, 0.1) is 11.3 Å². The van der Waals surface area contributed by atoms with E-state index in [0.717, 1.165) is 50.8 Å². The monoisotopic (exact) mass is 401 g/mol. The van der Waals surface area contributed by atoms with Crippen molar-refractivity contribution >= 4 is 12.0 Å². The van der Waals surface area contributed by atoms with Crippen LogP contribution in [0.15, 0.2) is 24.5 Å². The summed E-state index contributed by atoms with van der Waals surface area (Å²) in [4.78, 5) is 30.8. The first kappa shape index (κ1) is 21.6. The number of hydrogen-bond acceptors (Lipinski definition) is 4. The van der Waals surface area contributed by atoms with E-state index >= 15 is 0 Å². The molecule has 160 valence electrons. The topological polar surface area (TPSA) is 71.5 Å². The molecule has 1 N–H and O–H groups in total. The highest BCUT2D eigenvalue weighted by molar-refractivity contribution is 5.82. The molecule has 2 heterocycles. The maximum absolute atomic E-state index is 12.5. The van der Waals surface area contributed by atoms with Crippen LogP contribution in [0.4, 0.5) is 4.79 Å².